The average molecular weight is 477 g/mol. The third kappa shape index (κ3) is 2.75. The van der Waals surface area contributed by atoms with Crippen LogP contribution in [0.2, 0.25) is 0 Å². The van der Waals surface area contributed by atoms with Crippen LogP contribution in [0.1, 0.15) is 58.4 Å². The highest BCUT2D eigenvalue weighted by molar-refractivity contribution is 9.10. The van der Waals surface area contributed by atoms with Gasteiger partial charge in [0.2, 0.25) is 0 Å². The zero-order valence-corrected chi connectivity index (χ0v) is 19.5. The van der Waals surface area contributed by atoms with Gasteiger partial charge < -0.3 is 0 Å². The molecule has 158 valence electrons. The highest BCUT2D eigenvalue weighted by Crippen LogP contribution is 2.61. The Labute approximate surface area is 183 Å². The summed E-state index contributed by atoms with van der Waals surface area (Å²) in [6.07, 6.45) is -2.97. The predicted octanol–water partition coefficient (Wildman–Crippen LogP) is 7.67. The maximum atomic E-state index is 13.2. The molecule has 1 aliphatic rings. The summed E-state index contributed by atoms with van der Waals surface area (Å²) in [5.41, 5.74) is 3.37. The van der Waals surface area contributed by atoms with E-state index >= 15 is 0 Å². The molecule has 0 N–H and O–H groups in total. The Morgan fingerprint density at radius 2 is 1.50 bits per heavy atom. The van der Waals surface area contributed by atoms with E-state index in [1.54, 1.807) is 0 Å². The summed E-state index contributed by atoms with van der Waals surface area (Å²) < 4.78 is 39.9. The first-order chi connectivity index (χ1) is 13.7. The number of hydrogen-bond acceptors (Lipinski definition) is 2. The lowest BCUT2D eigenvalue weighted by Crippen LogP contribution is -2.42. The third-order valence-electron chi connectivity index (χ3n) is 7.74. The van der Waals surface area contributed by atoms with Gasteiger partial charge in [0.05, 0.1) is 15.7 Å². The Bertz CT molecular complexity index is 1180. The van der Waals surface area contributed by atoms with Gasteiger partial charge in [-0.3, -0.25) is 4.98 Å². The maximum Gasteiger partial charge on any atom is 0.433 e. The van der Waals surface area contributed by atoms with Crippen LogP contribution in [0.25, 0.3) is 22.2 Å². The highest BCUT2D eigenvalue weighted by Gasteiger charge is 2.56. The number of hydrogen-bond donors (Lipinski definition) is 0. The maximum absolute atomic E-state index is 13.2. The minimum atomic E-state index is -4.49. The Hall–Kier alpha value is -1.95. The van der Waals surface area contributed by atoms with Crippen molar-refractivity contribution in [3.63, 3.8) is 0 Å². The molecular formula is C24H24BrF3N2. The molecule has 0 radical (unpaired) electrons. The van der Waals surface area contributed by atoms with Crippen LogP contribution in [-0.4, -0.2) is 9.97 Å². The van der Waals surface area contributed by atoms with E-state index in [1.165, 1.54) is 23.4 Å². The molecule has 0 bridgehead atoms. The number of halogens is 4. The van der Waals surface area contributed by atoms with E-state index in [2.05, 4.69) is 79.6 Å². The molecule has 6 heteroatoms. The van der Waals surface area contributed by atoms with Crippen LogP contribution in [0, 0.1) is 5.41 Å². The molecule has 30 heavy (non-hydrogen) atoms. The number of nitrogens with zero attached hydrogens (tertiary/aromatic N) is 2. The number of aromatic nitrogens is 2. The van der Waals surface area contributed by atoms with Crippen molar-refractivity contribution < 1.29 is 13.2 Å². The Morgan fingerprint density at radius 3 is 2.13 bits per heavy atom. The summed E-state index contributed by atoms with van der Waals surface area (Å²) in [4.78, 5) is 8.41. The largest absolute Gasteiger partial charge is 0.433 e. The van der Waals surface area contributed by atoms with Crippen LogP contribution >= 0.6 is 15.9 Å². The van der Waals surface area contributed by atoms with Crippen molar-refractivity contribution in [2.24, 2.45) is 5.41 Å². The van der Waals surface area contributed by atoms with E-state index in [1.807, 2.05) is 6.07 Å². The number of rotatable bonds is 1. The fourth-order valence-electron chi connectivity index (χ4n) is 4.68. The highest BCUT2D eigenvalue weighted by atomic mass is 79.9. The second kappa shape index (κ2) is 6.28. The molecule has 1 aliphatic carbocycles. The normalized spacial score (nSPS) is 19.1. The fourth-order valence-corrected chi connectivity index (χ4v) is 5.08. The van der Waals surface area contributed by atoms with Gasteiger partial charge in [0, 0.05) is 17.1 Å². The van der Waals surface area contributed by atoms with E-state index in [4.69, 9.17) is 0 Å². The van der Waals surface area contributed by atoms with Crippen LogP contribution < -0.4 is 0 Å². The minimum absolute atomic E-state index is 0.0112. The molecule has 0 unspecified atom stereocenters. The van der Waals surface area contributed by atoms with Gasteiger partial charge in [0.15, 0.2) is 0 Å². The lowest BCUT2D eigenvalue weighted by atomic mass is 9.59. The second-order valence-corrected chi connectivity index (χ2v) is 10.5. The second-order valence-electron chi connectivity index (χ2n) is 9.68. The molecule has 4 rings (SSSR count). The third-order valence-corrected chi connectivity index (χ3v) is 8.32. The van der Waals surface area contributed by atoms with Crippen molar-refractivity contribution in [2.75, 3.05) is 0 Å². The van der Waals surface area contributed by atoms with Gasteiger partial charge in [-0.05, 0) is 61.5 Å². The molecule has 2 nitrogen and oxygen atoms in total. The molecule has 0 aliphatic heterocycles. The summed E-state index contributed by atoms with van der Waals surface area (Å²) in [7, 11) is 0. The predicted molar refractivity (Wildman–Crippen MR) is 118 cm³/mol. The smallest absolute Gasteiger partial charge is 0.254 e. The lowest BCUT2D eigenvalue weighted by Gasteiger charge is -2.44. The number of pyridine rings is 2. The Morgan fingerprint density at radius 1 is 0.867 bits per heavy atom. The Balaban J connectivity index is 1.95. The van der Waals surface area contributed by atoms with Gasteiger partial charge in [-0.2, -0.15) is 13.2 Å². The van der Waals surface area contributed by atoms with Crippen molar-refractivity contribution in [3.05, 3.63) is 57.8 Å². The van der Waals surface area contributed by atoms with Gasteiger partial charge in [0.25, 0.3) is 0 Å². The van der Waals surface area contributed by atoms with Gasteiger partial charge in [0.1, 0.15) is 5.69 Å². The summed E-state index contributed by atoms with van der Waals surface area (Å²) in [6, 6.07) is 8.80. The number of alkyl halides is 3. The van der Waals surface area contributed by atoms with E-state index in [-0.39, 0.29) is 21.8 Å². The summed E-state index contributed by atoms with van der Waals surface area (Å²) in [6.45, 7) is 13.7. The summed E-state index contributed by atoms with van der Waals surface area (Å²) in [5.74, 6) is 0. The van der Waals surface area contributed by atoms with Gasteiger partial charge in [-0.25, -0.2) is 4.98 Å². The number of benzene rings is 1. The monoisotopic (exact) mass is 476 g/mol. The van der Waals surface area contributed by atoms with Gasteiger partial charge in [-0.15, -0.1) is 0 Å². The van der Waals surface area contributed by atoms with Crippen molar-refractivity contribution in [3.8, 4) is 11.3 Å². The van der Waals surface area contributed by atoms with E-state index in [9.17, 15) is 13.2 Å². The van der Waals surface area contributed by atoms with E-state index in [0.717, 1.165) is 11.6 Å². The zero-order valence-electron chi connectivity index (χ0n) is 17.9. The van der Waals surface area contributed by atoms with Gasteiger partial charge in [-0.1, -0.05) is 53.7 Å². The first kappa shape index (κ1) is 21.3. The van der Waals surface area contributed by atoms with E-state index in [0.29, 0.717) is 15.6 Å². The molecule has 0 saturated heterocycles. The molecule has 2 aromatic heterocycles. The topological polar surface area (TPSA) is 25.8 Å². The molecule has 1 aromatic carbocycles. The van der Waals surface area contributed by atoms with E-state index < -0.39 is 11.9 Å². The van der Waals surface area contributed by atoms with Gasteiger partial charge >= 0.3 is 6.18 Å². The van der Waals surface area contributed by atoms with Crippen LogP contribution in [0.5, 0.6) is 0 Å². The molecular weight excluding hydrogens is 453 g/mol. The number of fused-ring (bicyclic) bond motifs is 2. The molecule has 0 atom stereocenters. The molecule has 0 saturated carbocycles. The molecule has 0 fully saturated rings. The van der Waals surface area contributed by atoms with Crippen LogP contribution in [0.15, 0.2) is 41.0 Å². The molecule has 3 aromatic rings. The quantitative estimate of drug-likeness (QED) is 0.359. The molecule has 2 heterocycles. The Kier molecular flexibility index (Phi) is 4.46. The van der Waals surface area contributed by atoms with Crippen LogP contribution in [-0.2, 0) is 17.0 Å². The standard InChI is InChI=1S/C24H24BrF3N2/c1-21(2)15-9-7-13(11-16(15)22(3,4)23(21,5)6)19-14-8-10-18(24(26,27)28)30-20(14)17(25)12-29-19/h7-12H,1-6H3. The summed E-state index contributed by atoms with van der Waals surface area (Å²) in [5, 5.41) is 0.589. The zero-order chi connectivity index (χ0) is 22.3. The first-order valence-electron chi connectivity index (χ1n) is 9.87. The molecule has 0 amide bonds. The van der Waals surface area contributed by atoms with Crippen molar-refractivity contribution in [1.29, 1.82) is 0 Å². The first-order valence-corrected chi connectivity index (χ1v) is 10.7. The van der Waals surface area contributed by atoms with Crippen LogP contribution in [0.3, 0.4) is 0 Å². The summed E-state index contributed by atoms with van der Waals surface area (Å²) >= 11 is 3.31. The van der Waals surface area contributed by atoms with Crippen molar-refractivity contribution in [2.45, 2.75) is 58.5 Å². The van der Waals surface area contributed by atoms with Crippen molar-refractivity contribution >= 4 is 26.8 Å². The fraction of sp³-hybridized carbons (Fsp3) is 0.417. The lowest BCUT2D eigenvalue weighted by molar-refractivity contribution is -0.140. The molecule has 0 spiro atoms. The van der Waals surface area contributed by atoms with Crippen LogP contribution in [0.4, 0.5) is 13.2 Å². The SMILES string of the molecule is CC1(C)c2ccc(-c3ncc(Br)c4nc(C(F)(F)F)ccc34)cc2C(C)(C)C1(C)C. The minimum Gasteiger partial charge on any atom is -0.254 e. The average Bonchev–Trinajstić information content (AvgIpc) is 2.76. The van der Waals surface area contributed by atoms with Crippen molar-refractivity contribution in [1.82, 2.24) is 9.97 Å².